The fourth-order valence-corrected chi connectivity index (χ4v) is 2.67. The fourth-order valence-electron chi connectivity index (χ4n) is 2.54. The summed E-state index contributed by atoms with van der Waals surface area (Å²) in [5.41, 5.74) is 2.68. The van der Waals surface area contributed by atoms with Crippen molar-refractivity contribution in [2.24, 2.45) is 0 Å². The molecule has 7 heteroatoms. The second kappa shape index (κ2) is 8.60. The second-order valence-electron chi connectivity index (χ2n) is 5.89. The van der Waals surface area contributed by atoms with Gasteiger partial charge in [-0.05, 0) is 36.8 Å². The van der Waals surface area contributed by atoms with E-state index in [9.17, 15) is 0 Å². The molecule has 0 saturated carbocycles. The number of ether oxygens (including phenoxy) is 2. The lowest BCUT2D eigenvalue weighted by atomic mass is 10.2. The first-order valence-corrected chi connectivity index (χ1v) is 8.78. The van der Waals surface area contributed by atoms with Crippen LogP contribution in [0.2, 0.25) is 5.02 Å². The standard InChI is InChI=1S/C20H21ClN4O2/c1-13-10-19(22-12-14-4-6-15(21)7-5-14)25-20(23-13)24-17-11-16(26-2)8-9-18(17)27-3/h4-11H,12H2,1-3H3,(H2,22,23,24,25). The van der Waals surface area contributed by atoms with Gasteiger partial charge in [-0.15, -0.1) is 0 Å². The quantitative estimate of drug-likeness (QED) is 0.609. The van der Waals surface area contributed by atoms with E-state index in [1.807, 2.05) is 55.5 Å². The number of anilines is 3. The van der Waals surface area contributed by atoms with E-state index in [1.165, 1.54) is 0 Å². The zero-order chi connectivity index (χ0) is 19.2. The SMILES string of the molecule is COc1ccc(OC)c(Nc2nc(C)cc(NCc3ccc(Cl)cc3)n2)c1. The number of nitrogens with one attached hydrogen (secondary N) is 2. The molecule has 0 fully saturated rings. The lowest BCUT2D eigenvalue weighted by Gasteiger charge is -2.13. The molecule has 0 aliphatic carbocycles. The summed E-state index contributed by atoms with van der Waals surface area (Å²) >= 11 is 5.93. The van der Waals surface area contributed by atoms with Crippen LogP contribution in [0.15, 0.2) is 48.5 Å². The van der Waals surface area contributed by atoms with Gasteiger partial charge in [-0.25, -0.2) is 4.98 Å². The lowest BCUT2D eigenvalue weighted by Crippen LogP contribution is -2.06. The van der Waals surface area contributed by atoms with Crippen molar-refractivity contribution in [3.05, 3.63) is 64.8 Å². The van der Waals surface area contributed by atoms with Gasteiger partial charge < -0.3 is 20.1 Å². The molecule has 0 radical (unpaired) electrons. The summed E-state index contributed by atoms with van der Waals surface area (Å²) in [4.78, 5) is 8.99. The maximum atomic E-state index is 5.93. The Labute approximate surface area is 163 Å². The smallest absolute Gasteiger partial charge is 0.229 e. The molecule has 0 bridgehead atoms. The van der Waals surface area contributed by atoms with Gasteiger partial charge in [-0.1, -0.05) is 23.7 Å². The molecule has 0 atom stereocenters. The first-order valence-electron chi connectivity index (χ1n) is 8.40. The molecule has 2 N–H and O–H groups in total. The molecule has 1 aromatic heterocycles. The van der Waals surface area contributed by atoms with Crippen LogP contribution in [0, 0.1) is 6.92 Å². The van der Waals surface area contributed by atoms with Gasteiger partial charge in [0.25, 0.3) is 0 Å². The Morgan fingerprint density at radius 2 is 1.74 bits per heavy atom. The van der Waals surface area contributed by atoms with Crippen molar-refractivity contribution in [2.75, 3.05) is 24.9 Å². The van der Waals surface area contributed by atoms with E-state index in [0.29, 0.717) is 24.0 Å². The van der Waals surface area contributed by atoms with Crippen LogP contribution in [-0.2, 0) is 6.54 Å². The van der Waals surface area contributed by atoms with E-state index in [2.05, 4.69) is 20.6 Å². The number of halogens is 1. The second-order valence-corrected chi connectivity index (χ2v) is 6.33. The number of hydrogen-bond donors (Lipinski definition) is 2. The molecule has 6 nitrogen and oxygen atoms in total. The molecule has 0 aliphatic rings. The number of rotatable bonds is 7. The van der Waals surface area contributed by atoms with Gasteiger partial charge in [-0.3, -0.25) is 0 Å². The van der Waals surface area contributed by atoms with Gasteiger partial charge in [0.05, 0.1) is 19.9 Å². The minimum Gasteiger partial charge on any atom is -0.497 e. The third kappa shape index (κ3) is 5.01. The zero-order valence-electron chi connectivity index (χ0n) is 15.4. The number of benzene rings is 2. The molecule has 0 saturated heterocycles. The molecule has 0 aliphatic heterocycles. The predicted octanol–water partition coefficient (Wildman–Crippen LogP) is 4.81. The summed E-state index contributed by atoms with van der Waals surface area (Å²) in [7, 11) is 3.23. The van der Waals surface area contributed by atoms with E-state index in [-0.39, 0.29) is 0 Å². The summed E-state index contributed by atoms with van der Waals surface area (Å²) in [5, 5.41) is 7.23. The number of hydrogen-bond acceptors (Lipinski definition) is 6. The monoisotopic (exact) mass is 384 g/mol. The van der Waals surface area contributed by atoms with Crippen LogP contribution in [0.25, 0.3) is 0 Å². The van der Waals surface area contributed by atoms with Crippen molar-refractivity contribution in [1.82, 2.24) is 9.97 Å². The molecule has 0 unspecified atom stereocenters. The zero-order valence-corrected chi connectivity index (χ0v) is 16.2. The highest BCUT2D eigenvalue weighted by Crippen LogP contribution is 2.31. The summed E-state index contributed by atoms with van der Waals surface area (Å²) in [5.74, 6) is 2.59. The summed E-state index contributed by atoms with van der Waals surface area (Å²) in [6, 6.07) is 15.1. The van der Waals surface area contributed by atoms with Crippen LogP contribution in [0.3, 0.4) is 0 Å². The third-order valence-electron chi connectivity index (χ3n) is 3.89. The Bertz CT molecular complexity index is 916. The normalized spacial score (nSPS) is 10.4. The molecule has 2 aromatic carbocycles. The van der Waals surface area contributed by atoms with Crippen molar-refractivity contribution >= 4 is 29.1 Å². The maximum absolute atomic E-state index is 5.93. The van der Waals surface area contributed by atoms with Crippen LogP contribution in [0.1, 0.15) is 11.3 Å². The third-order valence-corrected chi connectivity index (χ3v) is 4.15. The molecule has 0 amide bonds. The van der Waals surface area contributed by atoms with Gasteiger partial charge in [-0.2, -0.15) is 4.98 Å². The Balaban J connectivity index is 1.78. The van der Waals surface area contributed by atoms with Gasteiger partial charge in [0.1, 0.15) is 17.3 Å². The van der Waals surface area contributed by atoms with E-state index in [4.69, 9.17) is 21.1 Å². The fraction of sp³-hybridized carbons (Fsp3) is 0.200. The predicted molar refractivity (Wildman–Crippen MR) is 108 cm³/mol. The molecule has 3 aromatic rings. The van der Waals surface area contributed by atoms with Crippen LogP contribution in [-0.4, -0.2) is 24.2 Å². The topological polar surface area (TPSA) is 68.3 Å². The highest BCUT2D eigenvalue weighted by atomic mass is 35.5. The Hall–Kier alpha value is -2.99. The number of aryl methyl sites for hydroxylation is 1. The van der Waals surface area contributed by atoms with Crippen LogP contribution >= 0.6 is 11.6 Å². The molecule has 1 heterocycles. The van der Waals surface area contributed by atoms with Crippen LogP contribution < -0.4 is 20.1 Å². The Kier molecular flexibility index (Phi) is 5.98. The van der Waals surface area contributed by atoms with Crippen molar-refractivity contribution in [3.8, 4) is 11.5 Å². The summed E-state index contributed by atoms with van der Waals surface area (Å²) < 4.78 is 10.7. The van der Waals surface area contributed by atoms with Gasteiger partial charge >= 0.3 is 0 Å². The van der Waals surface area contributed by atoms with Crippen molar-refractivity contribution < 1.29 is 9.47 Å². The number of nitrogens with zero attached hydrogens (tertiary/aromatic N) is 2. The van der Waals surface area contributed by atoms with E-state index >= 15 is 0 Å². The average molecular weight is 385 g/mol. The van der Waals surface area contributed by atoms with Crippen molar-refractivity contribution in [2.45, 2.75) is 13.5 Å². The van der Waals surface area contributed by atoms with Crippen LogP contribution in [0.5, 0.6) is 11.5 Å². The molecular weight excluding hydrogens is 364 g/mol. The molecule has 0 spiro atoms. The number of aromatic nitrogens is 2. The lowest BCUT2D eigenvalue weighted by molar-refractivity contribution is 0.405. The van der Waals surface area contributed by atoms with Gasteiger partial charge in [0, 0.05) is 29.4 Å². The van der Waals surface area contributed by atoms with Crippen molar-refractivity contribution in [1.29, 1.82) is 0 Å². The van der Waals surface area contributed by atoms with E-state index < -0.39 is 0 Å². The highest BCUT2D eigenvalue weighted by Gasteiger charge is 2.09. The summed E-state index contributed by atoms with van der Waals surface area (Å²) in [6.45, 7) is 2.55. The van der Waals surface area contributed by atoms with E-state index in [0.717, 1.165) is 27.8 Å². The minimum absolute atomic E-state index is 0.472. The van der Waals surface area contributed by atoms with E-state index in [1.54, 1.807) is 14.2 Å². The molecule has 3 rings (SSSR count). The molecule has 27 heavy (non-hydrogen) atoms. The van der Waals surface area contributed by atoms with Crippen LogP contribution in [0.4, 0.5) is 17.5 Å². The Morgan fingerprint density at radius 1 is 0.963 bits per heavy atom. The Morgan fingerprint density at radius 3 is 2.44 bits per heavy atom. The van der Waals surface area contributed by atoms with Gasteiger partial charge in [0.15, 0.2) is 0 Å². The van der Waals surface area contributed by atoms with Gasteiger partial charge in [0.2, 0.25) is 5.95 Å². The van der Waals surface area contributed by atoms with Crippen molar-refractivity contribution in [3.63, 3.8) is 0 Å². The first-order chi connectivity index (χ1) is 13.1. The molecular formula is C20H21ClN4O2. The number of methoxy groups -OCH3 is 2. The minimum atomic E-state index is 0.472. The maximum Gasteiger partial charge on any atom is 0.229 e. The average Bonchev–Trinajstić information content (AvgIpc) is 2.67. The molecule has 140 valence electrons. The largest absolute Gasteiger partial charge is 0.497 e. The summed E-state index contributed by atoms with van der Waals surface area (Å²) in [6.07, 6.45) is 0. The highest BCUT2D eigenvalue weighted by molar-refractivity contribution is 6.30. The first kappa shape index (κ1) is 18.8.